The van der Waals surface area contributed by atoms with Crippen molar-refractivity contribution < 1.29 is 27.5 Å². The summed E-state index contributed by atoms with van der Waals surface area (Å²) in [5.74, 6) is -1.04. The number of ether oxygens (including phenoxy) is 2. The molecule has 10 heteroatoms. The average molecular weight is 462 g/mol. The molecule has 2 aromatic carbocycles. The summed E-state index contributed by atoms with van der Waals surface area (Å²) in [6.45, 7) is 2.51. The van der Waals surface area contributed by atoms with Crippen molar-refractivity contribution in [1.82, 2.24) is 14.9 Å². The van der Waals surface area contributed by atoms with E-state index in [-0.39, 0.29) is 24.5 Å². The van der Waals surface area contributed by atoms with Crippen molar-refractivity contribution in [2.45, 2.75) is 31.0 Å². The van der Waals surface area contributed by atoms with Gasteiger partial charge in [0.25, 0.3) is 0 Å². The second kappa shape index (κ2) is 10.6. The van der Waals surface area contributed by atoms with Crippen LogP contribution in [0, 0.1) is 6.92 Å². The van der Waals surface area contributed by atoms with Crippen molar-refractivity contribution in [2.24, 2.45) is 0 Å². The maximum Gasteiger partial charge on any atom is 0.309 e. The van der Waals surface area contributed by atoms with E-state index >= 15 is 0 Å². The largest absolute Gasteiger partial charge is 0.497 e. The summed E-state index contributed by atoms with van der Waals surface area (Å²) in [4.78, 5) is 24.5. The van der Waals surface area contributed by atoms with Crippen LogP contribution in [0.5, 0.6) is 5.75 Å². The van der Waals surface area contributed by atoms with Crippen molar-refractivity contribution in [3.63, 3.8) is 0 Å². The number of nitrogens with one attached hydrogen (secondary N) is 2. The zero-order chi connectivity index (χ0) is 23.1. The van der Waals surface area contributed by atoms with Crippen LogP contribution >= 0.6 is 0 Å². The Hall–Kier alpha value is -2.95. The van der Waals surface area contributed by atoms with Gasteiger partial charge in [0.05, 0.1) is 25.2 Å². The zero-order valence-electron chi connectivity index (χ0n) is 18.0. The van der Waals surface area contributed by atoms with Gasteiger partial charge in [0, 0.05) is 13.1 Å². The molecule has 0 aromatic heterocycles. The van der Waals surface area contributed by atoms with Gasteiger partial charge in [-0.15, -0.1) is 0 Å². The fourth-order valence-corrected chi connectivity index (χ4v) is 4.82. The van der Waals surface area contributed by atoms with Crippen molar-refractivity contribution >= 4 is 21.8 Å². The molecule has 0 spiro atoms. The maximum absolute atomic E-state index is 13.0. The lowest BCUT2D eigenvalue weighted by molar-refractivity contribution is -0.140. The normalized spacial score (nSPS) is 16.9. The van der Waals surface area contributed by atoms with E-state index < -0.39 is 28.1 Å². The summed E-state index contributed by atoms with van der Waals surface area (Å²) < 4.78 is 38.0. The molecule has 1 atom stereocenters. The second-order valence-corrected chi connectivity index (χ2v) is 9.24. The minimum Gasteiger partial charge on any atom is -0.497 e. The second-order valence-electron chi connectivity index (χ2n) is 7.35. The standard InChI is InChI=1S/C22H27N3O6S/c1-16-7-9-19(10-8-16)32(28,29)25-11-4-12-31-20(25)15-24-22(27)21(26)23-14-17-5-3-6-18(13-17)30-2/h3,5-10,13,20H,4,11-12,14-15H2,1-2H3,(H,23,26)(H,24,27)/t20-/m0/s1. The number of sulfonamides is 1. The molecule has 1 aliphatic heterocycles. The smallest absolute Gasteiger partial charge is 0.309 e. The third-order valence-corrected chi connectivity index (χ3v) is 6.92. The molecule has 0 bridgehead atoms. The van der Waals surface area contributed by atoms with Gasteiger partial charge >= 0.3 is 11.8 Å². The van der Waals surface area contributed by atoms with Crippen LogP contribution in [0.3, 0.4) is 0 Å². The number of carbonyl (C=O) groups is 2. The number of nitrogens with zero attached hydrogens (tertiary/aromatic N) is 1. The Kier molecular flexibility index (Phi) is 7.84. The number of aryl methyl sites for hydroxylation is 1. The van der Waals surface area contributed by atoms with Gasteiger partial charge in [0.15, 0.2) is 0 Å². The summed E-state index contributed by atoms with van der Waals surface area (Å²) in [5.41, 5.74) is 1.72. The highest BCUT2D eigenvalue weighted by atomic mass is 32.2. The van der Waals surface area contributed by atoms with E-state index in [0.29, 0.717) is 18.8 Å². The predicted molar refractivity (Wildman–Crippen MR) is 117 cm³/mol. The highest BCUT2D eigenvalue weighted by Gasteiger charge is 2.34. The van der Waals surface area contributed by atoms with E-state index in [1.54, 1.807) is 55.6 Å². The number of methoxy groups -OCH3 is 1. The Morgan fingerprint density at radius 1 is 1.12 bits per heavy atom. The average Bonchev–Trinajstić information content (AvgIpc) is 2.81. The van der Waals surface area contributed by atoms with E-state index in [4.69, 9.17) is 9.47 Å². The minimum absolute atomic E-state index is 0.142. The summed E-state index contributed by atoms with van der Waals surface area (Å²) >= 11 is 0. The molecule has 0 unspecified atom stereocenters. The Bertz CT molecular complexity index is 1060. The third kappa shape index (κ3) is 5.84. The maximum atomic E-state index is 13.0. The molecule has 1 heterocycles. The van der Waals surface area contributed by atoms with Crippen LogP contribution in [-0.2, 0) is 30.9 Å². The van der Waals surface area contributed by atoms with Crippen LogP contribution in [0.25, 0.3) is 0 Å². The van der Waals surface area contributed by atoms with Crippen molar-refractivity contribution in [2.75, 3.05) is 26.8 Å². The Labute approximate surface area is 187 Å². The molecule has 2 N–H and O–H groups in total. The molecule has 0 radical (unpaired) electrons. The van der Waals surface area contributed by atoms with Gasteiger partial charge in [-0.2, -0.15) is 4.31 Å². The molecule has 1 aliphatic rings. The molecule has 2 aromatic rings. The molecule has 3 rings (SSSR count). The van der Waals surface area contributed by atoms with Crippen molar-refractivity contribution in [3.05, 3.63) is 59.7 Å². The van der Waals surface area contributed by atoms with E-state index in [9.17, 15) is 18.0 Å². The topological polar surface area (TPSA) is 114 Å². The quantitative estimate of drug-likeness (QED) is 0.599. The van der Waals surface area contributed by atoms with Crippen LogP contribution in [-0.4, -0.2) is 57.6 Å². The lowest BCUT2D eigenvalue weighted by atomic mass is 10.2. The summed E-state index contributed by atoms with van der Waals surface area (Å²) in [6, 6.07) is 13.6. The highest BCUT2D eigenvalue weighted by Crippen LogP contribution is 2.22. The third-order valence-electron chi connectivity index (χ3n) is 5.01. The zero-order valence-corrected chi connectivity index (χ0v) is 18.9. The predicted octanol–water partition coefficient (Wildman–Crippen LogP) is 1.17. The first-order chi connectivity index (χ1) is 15.3. The SMILES string of the molecule is COc1cccc(CNC(=O)C(=O)NC[C@@H]2OCCCN2S(=O)(=O)c2ccc(C)cc2)c1. The van der Waals surface area contributed by atoms with Crippen molar-refractivity contribution in [1.29, 1.82) is 0 Å². The monoisotopic (exact) mass is 461 g/mol. The number of benzene rings is 2. The first-order valence-electron chi connectivity index (χ1n) is 10.2. The van der Waals surface area contributed by atoms with Gasteiger partial charge in [-0.05, 0) is 43.2 Å². The van der Waals surface area contributed by atoms with Crippen LogP contribution in [0.1, 0.15) is 17.5 Å². The summed E-state index contributed by atoms with van der Waals surface area (Å²) in [5, 5.41) is 5.00. The first kappa shape index (κ1) is 23.7. The van der Waals surface area contributed by atoms with Gasteiger partial charge in [-0.1, -0.05) is 29.8 Å². The minimum atomic E-state index is -3.80. The number of hydrogen-bond acceptors (Lipinski definition) is 6. The van der Waals surface area contributed by atoms with Gasteiger partial charge in [-0.3, -0.25) is 9.59 Å². The molecule has 0 saturated carbocycles. The Morgan fingerprint density at radius 2 is 1.84 bits per heavy atom. The number of carbonyl (C=O) groups excluding carboxylic acids is 2. The Balaban J connectivity index is 1.58. The highest BCUT2D eigenvalue weighted by molar-refractivity contribution is 7.89. The van der Waals surface area contributed by atoms with Crippen LogP contribution in [0.4, 0.5) is 0 Å². The summed E-state index contributed by atoms with van der Waals surface area (Å²) in [6.07, 6.45) is -0.360. The van der Waals surface area contributed by atoms with Gasteiger partial charge in [0.1, 0.15) is 12.0 Å². The molecular weight excluding hydrogens is 434 g/mol. The van der Waals surface area contributed by atoms with Crippen LogP contribution in [0.15, 0.2) is 53.4 Å². The van der Waals surface area contributed by atoms with E-state index in [2.05, 4.69) is 10.6 Å². The molecule has 9 nitrogen and oxygen atoms in total. The molecule has 1 fully saturated rings. The Morgan fingerprint density at radius 3 is 2.56 bits per heavy atom. The molecule has 2 amide bonds. The number of rotatable bonds is 7. The fourth-order valence-electron chi connectivity index (χ4n) is 3.25. The number of hydrogen-bond donors (Lipinski definition) is 2. The number of amides is 2. The van der Waals surface area contributed by atoms with E-state index in [0.717, 1.165) is 11.1 Å². The molecule has 172 valence electrons. The van der Waals surface area contributed by atoms with E-state index in [1.807, 2.05) is 6.92 Å². The lowest BCUT2D eigenvalue weighted by Gasteiger charge is -2.34. The first-order valence-corrected chi connectivity index (χ1v) is 11.6. The van der Waals surface area contributed by atoms with Gasteiger partial charge < -0.3 is 20.1 Å². The molecular formula is C22H27N3O6S. The van der Waals surface area contributed by atoms with Gasteiger partial charge in [0.2, 0.25) is 10.0 Å². The summed E-state index contributed by atoms with van der Waals surface area (Å²) in [7, 11) is -2.26. The molecule has 32 heavy (non-hydrogen) atoms. The lowest BCUT2D eigenvalue weighted by Crippen LogP contribution is -2.53. The van der Waals surface area contributed by atoms with Crippen LogP contribution in [0.2, 0.25) is 0 Å². The van der Waals surface area contributed by atoms with E-state index in [1.165, 1.54) is 4.31 Å². The fraction of sp³-hybridized carbons (Fsp3) is 0.364. The van der Waals surface area contributed by atoms with Crippen molar-refractivity contribution in [3.8, 4) is 5.75 Å². The van der Waals surface area contributed by atoms with Crippen LogP contribution < -0.4 is 15.4 Å². The molecule has 1 saturated heterocycles. The van der Waals surface area contributed by atoms with Gasteiger partial charge in [-0.25, -0.2) is 8.42 Å². The molecule has 0 aliphatic carbocycles.